The largest absolute Gasteiger partial charge is 0.505 e. The highest BCUT2D eigenvalue weighted by Gasteiger charge is 2.48. The maximum Gasteiger partial charge on any atom is 0.505 e. The predicted octanol–water partition coefficient (Wildman–Crippen LogP) is -1.61. The van der Waals surface area contributed by atoms with Crippen LogP contribution in [0.2, 0.25) is 0 Å². The number of carbonyl (C=O) groups excluding carboxylic acids is 1. The Hall–Kier alpha value is -2.10. The number of ether oxygens (including phenoxy) is 2. The lowest BCUT2D eigenvalue weighted by Crippen LogP contribution is -2.37. The highest BCUT2D eigenvalue weighted by atomic mass is 17.0. The summed E-state index contributed by atoms with van der Waals surface area (Å²) >= 11 is 0. The Bertz CT molecular complexity index is 637. The molecule has 1 heterocycles. The molecule has 1 aromatic rings. The molecule has 2 radical (unpaired) electrons. The summed E-state index contributed by atoms with van der Waals surface area (Å²) in [4.78, 5) is 11.9. The van der Waals surface area contributed by atoms with Crippen molar-refractivity contribution in [1.29, 1.82) is 0 Å². The smallest absolute Gasteiger partial charge is 0.410 e. The first-order valence-electron chi connectivity index (χ1n) is 5.06. The van der Waals surface area contributed by atoms with Gasteiger partial charge in [0.05, 0.1) is 5.50 Å². The number of hydrogen-bond donors (Lipinski definition) is 4. The molecule has 0 spiro atoms. The maximum absolute atomic E-state index is 11.9. The van der Waals surface area contributed by atoms with Crippen molar-refractivity contribution >= 4 is 19.3 Å². The molecule has 0 fully saturated rings. The van der Waals surface area contributed by atoms with Crippen molar-refractivity contribution in [3.05, 3.63) is 23.3 Å². The van der Waals surface area contributed by atoms with Gasteiger partial charge in [-0.05, 0) is 17.7 Å². The van der Waals surface area contributed by atoms with Crippen molar-refractivity contribution in [2.24, 2.45) is 5.16 Å². The third-order valence-corrected chi connectivity index (χ3v) is 2.90. The molecule has 0 saturated heterocycles. The van der Waals surface area contributed by atoms with E-state index in [1.165, 1.54) is 0 Å². The first-order valence-corrected chi connectivity index (χ1v) is 5.06. The standard InChI is InChI=1S/C10H6BNO7/c11-9(14)4-2-6-5(18-10(15,16)19-6)1-3(4)7(13)8(9)12-17/h1-2,14-17H/b12-8+. The van der Waals surface area contributed by atoms with Gasteiger partial charge in [-0.3, -0.25) is 15.0 Å². The molecule has 1 unspecified atom stereocenters. The highest BCUT2D eigenvalue weighted by molar-refractivity contribution is 6.58. The van der Waals surface area contributed by atoms with Gasteiger partial charge in [0.15, 0.2) is 17.2 Å². The number of oxime groups is 1. The Morgan fingerprint density at radius 1 is 1.16 bits per heavy atom. The van der Waals surface area contributed by atoms with E-state index < -0.39 is 23.2 Å². The summed E-state index contributed by atoms with van der Waals surface area (Å²) in [6.07, 6.45) is -2.85. The molecule has 0 bridgehead atoms. The summed E-state index contributed by atoms with van der Waals surface area (Å²) in [5.41, 5.74) is -3.12. The van der Waals surface area contributed by atoms with Crippen LogP contribution in [0.25, 0.3) is 0 Å². The van der Waals surface area contributed by atoms with Gasteiger partial charge in [0, 0.05) is 5.56 Å². The van der Waals surface area contributed by atoms with Crippen molar-refractivity contribution in [2.45, 2.75) is 11.7 Å². The Kier molecular flexibility index (Phi) is 2.06. The van der Waals surface area contributed by atoms with Crippen molar-refractivity contribution in [3.8, 4) is 11.5 Å². The summed E-state index contributed by atoms with van der Waals surface area (Å²) in [6, 6.07) is 2.21. The normalized spacial score (nSPS) is 28.8. The number of hydrogen-bond acceptors (Lipinski definition) is 8. The SMILES string of the molecule is [B]C1(O)/C(=N/O)C(=O)c2cc3c(cc21)OC(O)(O)O3. The second-order valence-electron chi connectivity index (χ2n) is 4.14. The number of nitrogens with zero attached hydrogens (tertiary/aromatic N) is 1. The minimum atomic E-state index is -2.85. The first kappa shape index (κ1) is 12.0. The van der Waals surface area contributed by atoms with E-state index in [2.05, 4.69) is 14.6 Å². The number of fused-ring (bicyclic) bond motifs is 2. The quantitative estimate of drug-likeness (QED) is 0.192. The Morgan fingerprint density at radius 3 is 2.32 bits per heavy atom. The number of benzene rings is 1. The van der Waals surface area contributed by atoms with Crippen LogP contribution in [-0.4, -0.2) is 46.0 Å². The number of aliphatic hydroxyl groups is 3. The molecular weight excluding hydrogens is 257 g/mol. The zero-order valence-electron chi connectivity index (χ0n) is 9.19. The van der Waals surface area contributed by atoms with Gasteiger partial charge in [0.2, 0.25) is 5.78 Å². The molecule has 9 heteroatoms. The van der Waals surface area contributed by atoms with E-state index in [1.807, 2.05) is 0 Å². The van der Waals surface area contributed by atoms with Crippen molar-refractivity contribution in [1.82, 2.24) is 0 Å². The minimum absolute atomic E-state index is 0.0853. The molecule has 1 aromatic carbocycles. The Morgan fingerprint density at radius 2 is 1.74 bits per heavy atom. The second-order valence-corrected chi connectivity index (χ2v) is 4.14. The summed E-state index contributed by atoms with van der Waals surface area (Å²) in [5, 5.41) is 39.7. The molecule has 1 aliphatic carbocycles. The molecule has 4 N–H and O–H groups in total. The second kappa shape index (κ2) is 3.26. The van der Waals surface area contributed by atoms with Gasteiger partial charge >= 0.3 is 6.16 Å². The first-order chi connectivity index (χ1) is 8.76. The van der Waals surface area contributed by atoms with E-state index in [1.54, 1.807) is 0 Å². The van der Waals surface area contributed by atoms with Gasteiger partial charge in [0.1, 0.15) is 7.85 Å². The lowest BCUT2D eigenvalue weighted by atomic mass is 9.75. The Balaban J connectivity index is 2.21. The molecule has 0 amide bonds. The number of Topliss-reactive ketones (excluding diaryl/α,β-unsaturated/α-hetero) is 1. The van der Waals surface area contributed by atoms with Crippen LogP contribution in [0.15, 0.2) is 17.3 Å². The summed E-state index contributed by atoms with van der Waals surface area (Å²) < 4.78 is 9.24. The molecule has 19 heavy (non-hydrogen) atoms. The number of rotatable bonds is 0. The zero-order valence-corrected chi connectivity index (χ0v) is 9.19. The van der Waals surface area contributed by atoms with Crippen LogP contribution in [0.4, 0.5) is 0 Å². The lowest BCUT2D eigenvalue weighted by Gasteiger charge is -2.17. The lowest BCUT2D eigenvalue weighted by molar-refractivity contribution is -0.385. The van der Waals surface area contributed by atoms with Gasteiger partial charge in [0.25, 0.3) is 0 Å². The molecule has 3 rings (SSSR count). The van der Waals surface area contributed by atoms with Gasteiger partial charge in [-0.1, -0.05) is 5.16 Å². The molecule has 8 nitrogen and oxygen atoms in total. The molecular formula is C10H6BNO7. The molecule has 96 valence electrons. The number of ketones is 1. The van der Waals surface area contributed by atoms with Crippen LogP contribution >= 0.6 is 0 Å². The van der Waals surface area contributed by atoms with Gasteiger partial charge in [-0.2, -0.15) is 0 Å². The van der Waals surface area contributed by atoms with Gasteiger partial charge in [-0.15, -0.1) is 0 Å². The molecule has 1 atom stereocenters. The highest BCUT2D eigenvalue weighted by Crippen LogP contribution is 2.44. The monoisotopic (exact) mass is 263 g/mol. The fraction of sp³-hybridized carbons (Fsp3) is 0.200. The zero-order chi connectivity index (χ0) is 14.0. The summed E-state index contributed by atoms with van der Waals surface area (Å²) in [6.45, 7) is 0. The van der Waals surface area contributed by atoms with E-state index in [0.717, 1.165) is 12.1 Å². The molecule has 1 aliphatic heterocycles. The van der Waals surface area contributed by atoms with Crippen molar-refractivity contribution < 1.29 is 34.8 Å². The maximum atomic E-state index is 11.9. The van der Waals surface area contributed by atoms with E-state index in [-0.39, 0.29) is 22.6 Å². The van der Waals surface area contributed by atoms with Crippen molar-refractivity contribution in [3.63, 3.8) is 0 Å². The van der Waals surface area contributed by atoms with E-state index in [0.29, 0.717) is 0 Å². The average Bonchev–Trinajstić information content (AvgIpc) is 2.68. The fourth-order valence-electron chi connectivity index (χ4n) is 2.08. The van der Waals surface area contributed by atoms with E-state index >= 15 is 0 Å². The number of carbonyl (C=O) groups is 1. The van der Waals surface area contributed by atoms with E-state index in [9.17, 15) is 9.90 Å². The fourth-order valence-corrected chi connectivity index (χ4v) is 2.08. The van der Waals surface area contributed by atoms with Crippen molar-refractivity contribution in [2.75, 3.05) is 0 Å². The predicted molar refractivity (Wildman–Crippen MR) is 58.1 cm³/mol. The van der Waals surface area contributed by atoms with Gasteiger partial charge < -0.3 is 19.8 Å². The topological polar surface area (TPSA) is 129 Å². The van der Waals surface area contributed by atoms with Crippen LogP contribution in [0.3, 0.4) is 0 Å². The van der Waals surface area contributed by atoms with Crippen LogP contribution in [0, 0.1) is 0 Å². The third kappa shape index (κ3) is 1.46. The van der Waals surface area contributed by atoms with E-state index in [4.69, 9.17) is 23.3 Å². The van der Waals surface area contributed by atoms with Crippen LogP contribution in [0.5, 0.6) is 11.5 Å². The summed E-state index contributed by atoms with van der Waals surface area (Å²) in [7, 11) is 5.52. The molecule has 2 aliphatic rings. The van der Waals surface area contributed by atoms with Crippen LogP contribution < -0.4 is 9.47 Å². The van der Waals surface area contributed by atoms with Crippen LogP contribution in [0.1, 0.15) is 15.9 Å². The summed E-state index contributed by atoms with van der Waals surface area (Å²) in [5.74, 6) is -1.05. The minimum Gasteiger partial charge on any atom is -0.410 e. The average molecular weight is 263 g/mol. The molecule has 0 aromatic heterocycles. The third-order valence-electron chi connectivity index (χ3n) is 2.90. The van der Waals surface area contributed by atoms with Crippen LogP contribution in [-0.2, 0) is 5.50 Å². The Labute approximate surface area is 106 Å². The molecule has 0 saturated carbocycles. The van der Waals surface area contributed by atoms with Gasteiger partial charge in [-0.25, -0.2) is 0 Å².